The van der Waals surface area contributed by atoms with Gasteiger partial charge in [-0.3, -0.25) is 8.71 Å². The van der Waals surface area contributed by atoms with E-state index in [9.17, 15) is 8.42 Å². The molecule has 0 atom stereocenters. The maximum atomic E-state index is 13.6. The summed E-state index contributed by atoms with van der Waals surface area (Å²) in [6, 6.07) is 20.4. The van der Waals surface area contributed by atoms with Gasteiger partial charge in [-0.15, -0.1) is 10.2 Å². The van der Waals surface area contributed by atoms with Crippen molar-refractivity contribution in [3.63, 3.8) is 0 Å². The smallest absolute Gasteiger partial charge is 0.268 e. The van der Waals surface area contributed by atoms with E-state index in [-0.39, 0.29) is 11.4 Å². The largest absolute Gasteiger partial charge is 0.288 e. The molecule has 28 heavy (non-hydrogen) atoms. The maximum Gasteiger partial charge on any atom is 0.268 e. The van der Waals surface area contributed by atoms with Crippen molar-refractivity contribution >= 4 is 21.4 Å². The first-order chi connectivity index (χ1) is 13.6. The van der Waals surface area contributed by atoms with Crippen LogP contribution in [0, 0.1) is 0 Å². The van der Waals surface area contributed by atoms with Crippen LogP contribution in [0.4, 0.5) is 5.69 Å². The summed E-state index contributed by atoms with van der Waals surface area (Å²) in [5, 5.41) is 7.85. The van der Waals surface area contributed by atoms with Crippen molar-refractivity contribution in [1.82, 2.24) is 14.6 Å². The Morgan fingerprint density at radius 3 is 2.39 bits per heavy atom. The fraction of sp³-hybridized carbons (Fsp3) is 0.143. The minimum absolute atomic E-state index is 0.128. The summed E-state index contributed by atoms with van der Waals surface area (Å²) in [7, 11) is -3.86. The van der Waals surface area contributed by atoms with E-state index in [0.29, 0.717) is 11.3 Å². The molecule has 7 heteroatoms. The molecule has 0 fully saturated rings. The van der Waals surface area contributed by atoms with E-state index in [0.717, 1.165) is 17.5 Å². The van der Waals surface area contributed by atoms with Crippen molar-refractivity contribution in [3.05, 3.63) is 90.4 Å². The van der Waals surface area contributed by atoms with Crippen LogP contribution in [-0.2, 0) is 23.0 Å². The lowest BCUT2D eigenvalue weighted by Gasteiger charge is -2.25. The molecule has 0 bridgehead atoms. The number of hydrogen-bond donors (Lipinski definition) is 0. The van der Waals surface area contributed by atoms with E-state index in [4.69, 9.17) is 0 Å². The Hall–Kier alpha value is -3.19. The van der Waals surface area contributed by atoms with Crippen LogP contribution in [0.5, 0.6) is 0 Å². The zero-order valence-electron chi connectivity index (χ0n) is 15.4. The van der Waals surface area contributed by atoms with Gasteiger partial charge >= 0.3 is 0 Å². The number of sulfonamides is 1. The molecule has 6 nitrogen and oxygen atoms in total. The first-order valence-corrected chi connectivity index (χ1v) is 10.5. The van der Waals surface area contributed by atoms with Gasteiger partial charge < -0.3 is 0 Å². The van der Waals surface area contributed by atoms with E-state index in [1.165, 1.54) is 10.6 Å². The molecular weight excluding hydrogens is 372 g/mol. The number of anilines is 1. The summed E-state index contributed by atoms with van der Waals surface area (Å²) in [6.45, 7) is 2.29. The summed E-state index contributed by atoms with van der Waals surface area (Å²) in [5.74, 6) is 0. The van der Waals surface area contributed by atoms with Gasteiger partial charge in [0.1, 0.15) is 11.2 Å². The number of nitrogens with zero attached hydrogens (tertiary/aromatic N) is 4. The lowest BCUT2D eigenvalue weighted by Crippen LogP contribution is -2.31. The Morgan fingerprint density at radius 1 is 0.929 bits per heavy atom. The van der Waals surface area contributed by atoms with Crippen molar-refractivity contribution < 1.29 is 8.42 Å². The normalized spacial score (nSPS) is 11.6. The monoisotopic (exact) mass is 392 g/mol. The molecule has 0 aliphatic carbocycles. The molecule has 142 valence electrons. The Bertz CT molecular complexity index is 1190. The summed E-state index contributed by atoms with van der Waals surface area (Å²) >= 11 is 0. The van der Waals surface area contributed by atoms with Gasteiger partial charge in [0.15, 0.2) is 5.65 Å². The molecule has 0 radical (unpaired) electrons. The second-order valence-corrected chi connectivity index (χ2v) is 8.28. The highest BCUT2D eigenvalue weighted by atomic mass is 32.2. The highest BCUT2D eigenvalue weighted by Gasteiger charge is 2.28. The number of rotatable bonds is 6. The van der Waals surface area contributed by atoms with Crippen LogP contribution in [0.1, 0.15) is 18.1 Å². The number of benzene rings is 2. The van der Waals surface area contributed by atoms with Crippen LogP contribution in [-0.4, -0.2) is 23.0 Å². The number of aryl methyl sites for hydroxylation is 1. The first kappa shape index (κ1) is 18.2. The van der Waals surface area contributed by atoms with E-state index in [1.807, 2.05) is 54.6 Å². The molecule has 0 aliphatic rings. The molecule has 4 aromatic rings. The molecular formula is C21H20N4O2S. The lowest BCUT2D eigenvalue weighted by atomic mass is 10.1. The van der Waals surface area contributed by atoms with Crippen molar-refractivity contribution in [2.45, 2.75) is 24.8 Å². The molecule has 4 rings (SSSR count). The van der Waals surface area contributed by atoms with Crippen LogP contribution in [0.15, 0.2) is 84.1 Å². The van der Waals surface area contributed by atoms with Crippen molar-refractivity contribution in [2.75, 3.05) is 4.31 Å². The third kappa shape index (κ3) is 3.36. The quantitative estimate of drug-likeness (QED) is 0.502. The fourth-order valence-electron chi connectivity index (χ4n) is 3.11. The molecule has 2 heterocycles. The Labute approximate surface area is 164 Å². The predicted molar refractivity (Wildman–Crippen MR) is 109 cm³/mol. The number of pyridine rings is 1. The van der Waals surface area contributed by atoms with Gasteiger partial charge in [-0.05, 0) is 41.8 Å². The van der Waals surface area contributed by atoms with Gasteiger partial charge in [0.25, 0.3) is 10.0 Å². The van der Waals surface area contributed by atoms with Crippen molar-refractivity contribution in [3.8, 4) is 0 Å². The predicted octanol–water partition coefficient (Wildman–Crippen LogP) is 3.69. The second kappa shape index (κ2) is 7.44. The van der Waals surface area contributed by atoms with Gasteiger partial charge in [-0.2, -0.15) is 0 Å². The zero-order valence-corrected chi connectivity index (χ0v) is 16.2. The number of aromatic nitrogens is 3. The Morgan fingerprint density at radius 2 is 1.68 bits per heavy atom. The third-order valence-electron chi connectivity index (χ3n) is 4.66. The third-order valence-corrected chi connectivity index (χ3v) is 6.45. The highest BCUT2D eigenvalue weighted by Crippen LogP contribution is 2.28. The van der Waals surface area contributed by atoms with Crippen molar-refractivity contribution in [2.24, 2.45) is 0 Å². The zero-order chi connectivity index (χ0) is 19.6. The number of fused-ring (bicyclic) bond motifs is 1. The number of hydrogen-bond acceptors (Lipinski definition) is 4. The van der Waals surface area contributed by atoms with Crippen LogP contribution in [0.3, 0.4) is 0 Å². The molecule has 0 spiro atoms. The van der Waals surface area contributed by atoms with Crippen LogP contribution in [0.25, 0.3) is 5.65 Å². The summed E-state index contributed by atoms with van der Waals surface area (Å²) < 4.78 is 30.3. The Balaban J connectivity index is 1.84. The molecule has 0 saturated heterocycles. The average Bonchev–Trinajstić information content (AvgIpc) is 3.21. The molecule has 2 aromatic carbocycles. The van der Waals surface area contributed by atoms with Crippen molar-refractivity contribution in [1.29, 1.82) is 0 Å². The maximum absolute atomic E-state index is 13.6. The standard InChI is InChI=1S/C21H20N4O2S/c1-2-17-10-12-19(13-11-17)25(15-18-7-4-3-5-8-18)28(26,27)20-9-6-14-24-16-22-23-21(20)24/h3-14,16H,2,15H2,1H3. The molecule has 0 unspecified atom stereocenters. The summed E-state index contributed by atoms with van der Waals surface area (Å²) in [4.78, 5) is 0.128. The second-order valence-electron chi connectivity index (χ2n) is 6.45. The summed E-state index contributed by atoms with van der Waals surface area (Å²) in [6.07, 6.45) is 4.11. The molecule has 2 aromatic heterocycles. The van der Waals surface area contributed by atoms with Gasteiger partial charge in [0, 0.05) is 6.20 Å². The first-order valence-electron chi connectivity index (χ1n) is 9.03. The minimum atomic E-state index is -3.86. The SMILES string of the molecule is CCc1ccc(N(Cc2ccccc2)S(=O)(=O)c2cccn3cnnc23)cc1. The van der Waals surface area contributed by atoms with Crippen LogP contribution < -0.4 is 4.31 Å². The van der Waals surface area contributed by atoms with Gasteiger partial charge in [-0.25, -0.2) is 8.42 Å². The van der Waals surface area contributed by atoms with Crippen LogP contribution in [0.2, 0.25) is 0 Å². The molecule has 0 aliphatic heterocycles. The summed E-state index contributed by atoms with van der Waals surface area (Å²) in [5.41, 5.74) is 2.98. The minimum Gasteiger partial charge on any atom is -0.288 e. The molecule has 0 N–H and O–H groups in total. The molecule has 0 saturated carbocycles. The van der Waals surface area contributed by atoms with Gasteiger partial charge in [-0.1, -0.05) is 49.4 Å². The van der Waals surface area contributed by atoms with Crippen LogP contribution >= 0.6 is 0 Å². The van der Waals surface area contributed by atoms with E-state index in [2.05, 4.69) is 17.1 Å². The highest BCUT2D eigenvalue weighted by molar-refractivity contribution is 7.93. The topological polar surface area (TPSA) is 67.6 Å². The fourth-order valence-corrected chi connectivity index (χ4v) is 4.69. The van der Waals surface area contributed by atoms with E-state index >= 15 is 0 Å². The Kier molecular flexibility index (Phi) is 4.83. The van der Waals surface area contributed by atoms with E-state index < -0.39 is 10.0 Å². The molecule has 0 amide bonds. The lowest BCUT2D eigenvalue weighted by molar-refractivity contribution is 0.590. The van der Waals surface area contributed by atoms with Gasteiger partial charge in [0.2, 0.25) is 0 Å². The average molecular weight is 392 g/mol. The van der Waals surface area contributed by atoms with E-state index in [1.54, 1.807) is 22.7 Å². The van der Waals surface area contributed by atoms with Gasteiger partial charge in [0.05, 0.1) is 12.2 Å².